The van der Waals surface area contributed by atoms with Crippen LogP contribution in [0.3, 0.4) is 0 Å². The van der Waals surface area contributed by atoms with E-state index in [1.54, 1.807) is 33.9 Å². The van der Waals surface area contributed by atoms with Crippen molar-refractivity contribution in [2.24, 2.45) is 21.1 Å². The summed E-state index contributed by atoms with van der Waals surface area (Å²) < 4.78 is 3.72. The quantitative estimate of drug-likeness (QED) is 0.659. The van der Waals surface area contributed by atoms with Gasteiger partial charge in [-0.05, 0) is 0 Å². The predicted molar refractivity (Wildman–Crippen MR) is 89.4 cm³/mol. The summed E-state index contributed by atoms with van der Waals surface area (Å²) in [5, 5.41) is 13.4. The number of rotatable bonds is 2. The van der Waals surface area contributed by atoms with Gasteiger partial charge in [-0.3, -0.25) is 23.4 Å². The van der Waals surface area contributed by atoms with Crippen molar-refractivity contribution in [3.8, 4) is 6.07 Å². The van der Waals surface area contributed by atoms with Crippen LogP contribution in [-0.4, -0.2) is 44.5 Å². The third kappa shape index (κ3) is 2.59. The molecule has 2 aromatic rings. The van der Waals surface area contributed by atoms with E-state index in [9.17, 15) is 19.6 Å². The zero-order valence-electron chi connectivity index (χ0n) is 14.1. The first-order chi connectivity index (χ1) is 11.8. The molecule has 0 atom stereocenters. The Labute approximate surface area is 142 Å². The lowest BCUT2D eigenvalue weighted by Crippen LogP contribution is -2.53. The van der Waals surface area contributed by atoms with E-state index < -0.39 is 11.2 Å². The van der Waals surface area contributed by atoms with E-state index in [0.29, 0.717) is 18.8 Å². The lowest BCUT2D eigenvalue weighted by Gasteiger charge is -2.35. The van der Waals surface area contributed by atoms with Gasteiger partial charge in [0, 0.05) is 40.4 Å². The number of nitrogens with zero attached hydrogens (tertiary/aromatic N) is 7. The van der Waals surface area contributed by atoms with Crippen molar-refractivity contribution in [1.29, 1.82) is 5.26 Å². The second-order valence-electron chi connectivity index (χ2n) is 5.86. The summed E-state index contributed by atoms with van der Waals surface area (Å²) in [4.78, 5) is 40.1. The number of nitriles is 1. The van der Waals surface area contributed by atoms with Gasteiger partial charge in [-0.25, -0.2) is 4.79 Å². The number of anilines is 2. The molecule has 0 N–H and O–H groups in total. The molecule has 0 aromatic carbocycles. The van der Waals surface area contributed by atoms with Crippen molar-refractivity contribution in [2.45, 2.75) is 0 Å². The summed E-state index contributed by atoms with van der Waals surface area (Å²) in [6.45, 7) is 0.707. The Bertz CT molecular complexity index is 1010. The lowest BCUT2D eigenvalue weighted by atomic mass is 10.2. The molecule has 25 heavy (non-hydrogen) atoms. The minimum absolute atomic E-state index is 0.0377. The monoisotopic (exact) mass is 343 g/mol. The lowest BCUT2D eigenvalue weighted by molar-refractivity contribution is -0.117. The Hall–Kier alpha value is -3.35. The summed E-state index contributed by atoms with van der Waals surface area (Å²) in [6, 6.07) is 1.86. The first-order valence-electron chi connectivity index (χ1n) is 7.59. The predicted octanol–water partition coefficient (Wildman–Crippen LogP) is -1.46. The molecule has 0 unspecified atom stereocenters. The molecule has 1 aliphatic rings. The van der Waals surface area contributed by atoms with Crippen LogP contribution >= 0.6 is 0 Å². The number of carbonyl (C=O) groups excluding carboxylic acids is 1. The number of piperazine rings is 1. The van der Waals surface area contributed by atoms with Crippen LogP contribution in [0.4, 0.5) is 11.5 Å². The van der Waals surface area contributed by atoms with E-state index in [1.165, 1.54) is 18.7 Å². The molecule has 10 heteroatoms. The average Bonchev–Trinajstić information content (AvgIpc) is 3.02. The molecule has 1 aliphatic heterocycles. The Kier molecular flexibility index (Phi) is 3.92. The van der Waals surface area contributed by atoms with Crippen LogP contribution in [0.5, 0.6) is 0 Å². The Morgan fingerprint density at radius 2 is 1.84 bits per heavy atom. The van der Waals surface area contributed by atoms with Crippen LogP contribution in [0.2, 0.25) is 0 Å². The van der Waals surface area contributed by atoms with Crippen LogP contribution in [0.1, 0.15) is 5.56 Å². The summed E-state index contributed by atoms with van der Waals surface area (Å²) in [7, 11) is 4.57. The summed E-state index contributed by atoms with van der Waals surface area (Å²) in [6.07, 6.45) is 3.34. The van der Waals surface area contributed by atoms with Gasteiger partial charge in [0.1, 0.15) is 11.9 Å². The number of amides is 1. The van der Waals surface area contributed by atoms with Gasteiger partial charge in [0.25, 0.3) is 5.56 Å². The van der Waals surface area contributed by atoms with E-state index >= 15 is 0 Å². The number of hydrogen-bond acceptors (Lipinski definition) is 6. The molecular formula is C15H17N7O3. The van der Waals surface area contributed by atoms with E-state index in [1.807, 2.05) is 6.07 Å². The molecular weight excluding hydrogens is 326 g/mol. The molecule has 3 rings (SSSR count). The molecule has 1 fully saturated rings. The molecule has 0 bridgehead atoms. The largest absolute Gasteiger partial charge is 0.346 e. The molecule has 130 valence electrons. The van der Waals surface area contributed by atoms with Gasteiger partial charge in [-0.2, -0.15) is 10.4 Å². The van der Waals surface area contributed by atoms with E-state index in [0.717, 1.165) is 4.57 Å². The Morgan fingerprint density at radius 1 is 1.12 bits per heavy atom. The third-order valence-electron chi connectivity index (χ3n) is 4.27. The fourth-order valence-corrected chi connectivity index (χ4v) is 2.98. The van der Waals surface area contributed by atoms with Gasteiger partial charge < -0.3 is 9.80 Å². The first kappa shape index (κ1) is 16.5. The highest BCUT2D eigenvalue weighted by Crippen LogP contribution is 2.21. The third-order valence-corrected chi connectivity index (χ3v) is 4.27. The molecule has 0 aliphatic carbocycles. The van der Waals surface area contributed by atoms with Crippen molar-refractivity contribution >= 4 is 17.4 Å². The van der Waals surface area contributed by atoms with Gasteiger partial charge in [0.15, 0.2) is 5.56 Å². The maximum Gasteiger partial charge on any atom is 0.332 e. The van der Waals surface area contributed by atoms with Crippen LogP contribution in [-0.2, 0) is 25.9 Å². The van der Waals surface area contributed by atoms with E-state index in [4.69, 9.17) is 0 Å². The second-order valence-corrected chi connectivity index (χ2v) is 5.86. The van der Waals surface area contributed by atoms with E-state index in [-0.39, 0.29) is 23.8 Å². The molecule has 2 aromatic heterocycles. The Balaban J connectivity index is 1.98. The van der Waals surface area contributed by atoms with Gasteiger partial charge >= 0.3 is 5.69 Å². The SMILES string of the molecule is Cn1cc(N2CCN(c3c(C#N)c(=O)n(C)c(=O)n3C)CC2=O)cn1. The van der Waals surface area contributed by atoms with Gasteiger partial charge in [-0.15, -0.1) is 0 Å². The van der Waals surface area contributed by atoms with Crippen LogP contribution in [0.15, 0.2) is 22.0 Å². The summed E-state index contributed by atoms with van der Waals surface area (Å²) >= 11 is 0. The summed E-state index contributed by atoms with van der Waals surface area (Å²) in [5.41, 5.74) is -0.665. The minimum Gasteiger partial charge on any atom is -0.346 e. The summed E-state index contributed by atoms with van der Waals surface area (Å²) in [5.74, 6) is -0.0222. The first-order valence-corrected chi connectivity index (χ1v) is 7.59. The van der Waals surface area contributed by atoms with Crippen LogP contribution in [0.25, 0.3) is 0 Å². The molecule has 0 radical (unpaired) electrons. The number of aromatic nitrogens is 4. The van der Waals surface area contributed by atoms with Crippen molar-refractivity contribution in [1.82, 2.24) is 18.9 Å². The zero-order valence-corrected chi connectivity index (χ0v) is 14.1. The molecule has 3 heterocycles. The minimum atomic E-state index is -0.664. The van der Waals surface area contributed by atoms with Crippen molar-refractivity contribution in [3.05, 3.63) is 38.8 Å². The average molecular weight is 343 g/mol. The van der Waals surface area contributed by atoms with Crippen molar-refractivity contribution in [2.75, 3.05) is 29.4 Å². The fourth-order valence-electron chi connectivity index (χ4n) is 2.98. The molecule has 10 nitrogen and oxygen atoms in total. The Morgan fingerprint density at radius 3 is 2.40 bits per heavy atom. The molecule has 0 spiro atoms. The molecule has 1 amide bonds. The van der Waals surface area contributed by atoms with Crippen molar-refractivity contribution < 1.29 is 4.79 Å². The highest BCUT2D eigenvalue weighted by atomic mass is 16.2. The van der Waals surface area contributed by atoms with Gasteiger partial charge in [0.2, 0.25) is 5.91 Å². The van der Waals surface area contributed by atoms with E-state index in [2.05, 4.69) is 5.10 Å². The molecule has 1 saturated heterocycles. The normalized spacial score (nSPS) is 14.7. The maximum atomic E-state index is 12.5. The fraction of sp³-hybridized carbons (Fsp3) is 0.400. The van der Waals surface area contributed by atoms with Crippen LogP contribution < -0.4 is 21.0 Å². The van der Waals surface area contributed by atoms with Crippen molar-refractivity contribution in [3.63, 3.8) is 0 Å². The molecule has 0 saturated carbocycles. The maximum absolute atomic E-state index is 12.5. The van der Waals surface area contributed by atoms with Gasteiger partial charge in [-0.1, -0.05) is 0 Å². The standard InChI is InChI=1S/C15H17N7O3/c1-18-8-10(7-17-18)22-5-4-21(9-12(22)23)13-11(6-16)14(24)20(3)15(25)19(13)2/h7-8H,4-5,9H2,1-3H3. The number of aryl methyl sites for hydroxylation is 1. The second kappa shape index (κ2) is 5.94. The number of carbonyl (C=O) groups is 1. The van der Waals surface area contributed by atoms with Crippen LogP contribution in [0, 0.1) is 11.3 Å². The van der Waals surface area contributed by atoms with Gasteiger partial charge in [0.05, 0.1) is 18.4 Å². The topological polar surface area (TPSA) is 109 Å². The smallest absolute Gasteiger partial charge is 0.332 e. The number of hydrogen-bond donors (Lipinski definition) is 0. The highest BCUT2D eigenvalue weighted by Gasteiger charge is 2.30. The zero-order chi connectivity index (χ0) is 18.3. The highest BCUT2D eigenvalue weighted by molar-refractivity contribution is 5.97.